The Kier molecular flexibility index (Phi) is 3.10. The summed E-state index contributed by atoms with van der Waals surface area (Å²) >= 11 is 6.28. The molecule has 2 N–H and O–H groups in total. The van der Waals surface area contributed by atoms with Gasteiger partial charge in [-0.25, -0.2) is 9.78 Å². The van der Waals surface area contributed by atoms with Gasteiger partial charge in [-0.1, -0.05) is 18.5 Å². The van der Waals surface area contributed by atoms with Crippen molar-refractivity contribution >= 4 is 22.8 Å². The number of pyridine rings is 1. The first-order valence-corrected chi connectivity index (χ1v) is 6.79. The van der Waals surface area contributed by atoms with Gasteiger partial charge in [-0.05, 0) is 19.4 Å². The number of imidazole rings is 1. The molecule has 0 saturated carbocycles. The van der Waals surface area contributed by atoms with Gasteiger partial charge < -0.3 is 0 Å². The Morgan fingerprint density at radius 3 is 2.95 bits per heavy atom. The third kappa shape index (κ3) is 1.84. The molecule has 0 spiro atoms. The monoisotopic (exact) mass is 291 g/mol. The van der Waals surface area contributed by atoms with Gasteiger partial charge in [0.25, 0.3) is 0 Å². The lowest BCUT2D eigenvalue weighted by Gasteiger charge is -2.13. The second-order valence-electron chi connectivity index (χ2n) is 4.71. The summed E-state index contributed by atoms with van der Waals surface area (Å²) in [5.74, 6) is 0. The van der Waals surface area contributed by atoms with E-state index in [0.717, 1.165) is 17.7 Å². The maximum Gasteiger partial charge on any atom is 0.327 e. The van der Waals surface area contributed by atoms with Crippen molar-refractivity contribution < 1.29 is 0 Å². The number of H-pyrrole nitrogens is 2. The second-order valence-corrected chi connectivity index (χ2v) is 5.11. The van der Waals surface area contributed by atoms with Crippen molar-refractivity contribution in [3.8, 4) is 11.3 Å². The topological polar surface area (TPSA) is 79.4 Å². The Balaban J connectivity index is 2.44. The maximum atomic E-state index is 12.2. The minimum absolute atomic E-state index is 0.0539. The van der Waals surface area contributed by atoms with E-state index in [9.17, 15) is 4.79 Å². The van der Waals surface area contributed by atoms with E-state index >= 15 is 0 Å². The molecule has 0 bridgehead atoms. The van der Waals surface area contributed by atoms with Crippen molar-refractivity contribution in [3.63, 3.8) is 0 Å². The minimum atomic E-state index is -0.176. The van der Waals surface area contributed by atoms with Crippen LogP contribution in [0.1, 0.15) is 26.3 Å². The molecule has 3 aromatic rings. The summed E-state index contributed by atoms with van der Waals surface area (Å²) in [7, 11) is 0. The van der Waals surface area contributed by atoms with E-state index in [-0.39, 0.29) is 11.7 Å². The van der Waals surface area contributed by atoms with Crippen molar-refractivity contribution in [3.05, 3.63) is 34.0 Å². The zero-order chi connectivity index (χ0) is 14.3. The predicted octanol–water partition coefficient (Wildman–Crippen LogP) is 2.74. The number of rotatable bonds is 3. The van der Waals surface area contributed by atoms with E-state index < -0.39 is 0 Å². The molecule has 3 rings (SSSR count). The molecule has 0 aliphatic rings. The van der Waals surface area contributed by atoms with Crippen LogP contribution in [-0.2, 0) is 0 Å². The van der Waals surface area contributed by atoms with Gasteiger partial charge in [0, 0.05) is 24.0 Å². The van der Waals surface area contributed by atoms with Gasteiger partial charge in [-0.3, -0.25) is 14.6 Å². The van der Waals surface area contributed by atoms with Crippen LogP contribution in [0.3, 0.4) is 0 Å². The van der Waals surface area contributed by atoms with Crippen molar-refractivity contribution in [2.45, 2.75) is 26.3 Å². The zero-order valence-electron chi connectivity index (χ0n) is 11.1. The van der Waals surface area contributed by atoms with E-state index in [1.165, 1.54) is 6.20 Å². The Bertz CT molecular complexity index is 802. The van der Waals surface area contributed by atoms with Crippen LogP contribution in [0.5, 0.6) is 0 Å². The standard InChI is InChI=1S/C13H14ClN5O/c1-3-7(2)19-11-10(9-4-5-16-18-9)8(14)6-15-12(11)17-13(19)20/h4-7H,3H2,1-2H3,(H,16,18)(H,15,17,20). The molecule has 3 heterocycles. The summed E-state index contributed by atoms with van der Waals surface area (Å²) < 4.78 is 1.70. The number of nitrogens with one attached hydrogen (secondary N) is 2. The third-order valence-corrected chi connectivity index (χ3v) is 3.78. The smallest absolute Gasteiger partial charge is 0.290 e. The van der Waals surface area contributed by atoms with E-state index in [4.69, 9.17) is 11.6 Å². The first-order chi connectivity index (χ1) is 9.63. The Labute approximate surface area is 119 Å². The number of halogens is 1. The van der Waals surface area contributed by atoms with Crippen LogP contribution in [0.15, 0.2) is 23.3 Å². The zero-order valence-corrected chi connectivity index (χ0v) is 11.9. The van der Waals surface area contributed by atoms with Crippen molar-refractivity contribution in [1.29, 1.82) is 0 Å². The maximum absolute atomic E-state index is 12.2. The molecule has 6 nitrogen and oxygen atoms in total. The average molecular weight is 292 g/mol. The van der Waals surface area contributed by atoms with Gasteiger partial charge in [0.2, 0.25) is 0 Å². The fourth-order valence-electron chi connectivity index (χ4n) is 2.32. The minimum Gasteiger partial charge on any atom is -0.290 e. The number of hydrogen-bond acceptors (Lipinski definition) is 3. The fraction of sp³-hybridized carbons (Fsp3) is 0.308. The summed E-state index contributed by atoms with van der Waals surface area (Å²) in [5, 5.41) is 7.32. The molecule has 104 valence electrons. The second kappa shape index (κ2) is 4.79. The molecule has 0 fully saturated rings. The molecule has 0 aromatic carbocycles. The van der Waals surface area contributed by atoms with E-state index in [2.05, 4.69) is 20.2 Å². The molecule has 20 heavy (non-hydrogen) atoms. The molecule has 3 aromatic heterocycles. The highest BCUT2D eigenvalue weighted by molar-refractivity contribution is 6.34. The first-order valence-electron chi connectivity index (χ1n) is 6.42. The summed E-state index contributed by atoms with van der Waals surface area (Å²) in [5.41, 5.74) is 2.57. The van der Waals surface area contributed by atoms with E-state index in [0.29, 0.717) is 16.2 Å². The lowest BCUT2D eigenvalue weighted by atomic mass is 10.1. The Hall–Kier alpha value is -2.08. The van der Waals surface area contributed by atoms with Gasteiger partial charge in [-0.15, -0.1) is 0 Å². The number of fused-ring (bicyclic) bond motifs is 1. The number of aromatic nitrogens is 5. The quantitative estimate of drug-likeness (QED) is 0.778. The van der Waals surface area contributed by atoms with E-state index in [1.54, 1.807) is 10.8 Å². The number of hydrogen-bond donors (Lipinski definition) is 2. The molecular formula is C13H14ClN5O. The van der Waals surface area contributed by atoms with Gasteiger partial charge in [-0.2, -0.15) is 5.10 Å². The predicted molar refractivity (Wildman–Crippen MR) is 77.9 cm³/mol. The largest absolute Gasteiger partial charge is 0.327 e. The van der Waals surface area contributed by atoms with Crippen molar-refractivity contribution in [1.82, 2.24) is 24.7 Å². The highest BCUT2D eigenvalue weighted by atomic mass is 35.5. The fourth-order valence-corrected chi connectivity index (χ4v) is 2.56. The molecule has 1 atom stereocenters. The summed E-state index contributed by atoms with van der Waals surface area (Å²) in [4.78, 5) is 19.2. The van der Waals surface area contributed by atoms with Crippen LogP contribution in [0.4, 0.5) is 0 Å². The van der Waals surface area contributed by atoms with Crippen LogP contribution >= 0.6 is 11.6 Å². The van der Waals surface area contributed by atoms with Crippen LogP contribution in [0, 0.1) is 0 Å². The van der Waals surface area contributed by atoms with Gasteiger partial charge in [0.15, 0.2) is 5.65 Å². The highest BCUT2D eigenvalue weighted by Gasteiger charge is 2.19. The lowest BCUT2D eigenvalue weighted by Crippen LogP contribution is -2.20. The SMILES string of the molecule is CCC(C)n1c(=O)[nH]c2ncc(Cl)c(-c3ccn[nH]3)c21. The molecular weight excluding hydrogens is 278 g/mol. The van der Waals surface area contributed by atoms with Crippen LogP contribution in [-0.4, -0.2) is 24.7 Å². The van der Waals surface area contributed by atoms with Crippen LogP contribution < -0.4 is 5.69 Å². The van der Waals surface area contributed by atoms with Gasteiger partial charge in [0.1, 0.15) is 0 Å². The molecule has 1 unspecified atom stereocenters. The molecule has 0 aliphatic carbocycles. The van der Waals surface area contributed by atoms with Crippen molar-refractivity contribution in [2.24, 2.45) is 0 Å². The lowest BCUT2D eigenvalue weighted by molar-refractivity contribution is 0.530. The van der Waals surface area contributed by atoms with Gasteiger partial charge >= 0.3 is 5.69 Å². The highest BCUT2D eigenvalue weighted by Crippen LogP contribution is 2.33. The first kappa shape index (κ1) is 12.9. The number of nitrogens with zero attached hydrogens (tertiary/aromatic N) is 3. The summed E-state index contributed by atoms with van der Waals surface area (Å²) in [6.45, 7) is 4.02. The summed E-state index contributed by atoms with van der Waals surface area (Å²) in [6, 6.07) is 1.87. The summed E-state index contributed by atoms with van der Waals surface area (Å²) in [6.07, 6.45) is 4.02. The average Bonchev–Trinajstić information content (AvgIpc) is 3.05. The molecule has 7 heteroatoms. The van der Waals surface area contributed by atoms with Crippen molar-refractivity contribution in [2.75, 3.05) is 0 Å². The van der Waals surface area contributed by atoms with Crippen LogP contribution in [0.25, 0.3) is 22.4 Å². The third-order valence-electron chi connectivity index (χ3n) is 3.49. The molecule has 0 aliphatic heterocycles. The van der Waals surface area contributed by atoms with Gasteiger partial charge in [0.05, 0.1) is 16.2 Å². The molecule has 0 amide bonds. The number of aromatic amines is 2. The molecule has 0 radical (unpaired) electrons. The normalized spacial score (nSPS) is 12.9. The Morgan fingerprint density at radius 2 is 2.30 bits per heavy atom. The molecule has 0 saturated heterocycles. The Morgan fingerprint density at radius 1 is 1.50 bits per heavy atom. The van der Waals surface area contributed by atoms with E-state index in [1.807, 2.05) is 19.9 Å². The van der Waals surface area contributed by atoms with Crippen LogP contribution in [0.2, 0.25) is 5.02 Å².